The highest BCUT2D eigenvalue weighted by molar-refractivity contribution is 8.26. The van der Waals surface area contributed by atoms with E-state index in [-0.39, 0.29) is 45.9 Å². The van der Waals surface area contributed by atoms with Crippen LogP contribution in [0, 0.1) is 0 Å². The third-order valence-corrected chi connectivity index (χ3v) is 8.41. The van der Waals surface area contributed by atoms with Gasteiger partial charge in [-0.2, -0.15) is 0 Å². The average molecular weight is 678 g/mol. The van der Waals surface area contributed by atoms with Crippen LogP contribution >= 0.6 is 47.2 Å². The number of halogens is 2. The van der Waals surface area contributed by atoms with E-state index in [1.165, 1.54) is 45.5 Å². The van der Waals surface area contributed by atoms with Gasteiger partial charge in [0.05, 0.1) is 38.9 Å². The second-order valence-electron chi connectivity index (χ2n) is 9.12. The maximum Gasteiger partial charge on any atom is 0.335 e. The number of aromatic carboxylic acids is 1. The zero-order valence-electron chi connectivity index (χ0n) is 23.9. The van der Waals surface area contributed by atoms with E-state index in [1.807, 2.05) is 0 Å². The Bertz CT molecular complexity index is 1670. The number of hydrogen-bond donors (Lipinski definition) is 2. The molecular formula is C30H26Cl2N2O8S2. The van der Waals surface area contributed by atoms with Crippen molar-refractivity contribution in [3.8, 4) is 34.1 Å². The summed E-state index contributed by atoms with van der Waals surface area (Å²) in [4.78, 5) is 39.3. The van der Waals surface area contributed by atoms with Gasteiger partial charge in [0.1, 0.15) is 21.5 Å². The van der Waals surface area contributed by atoms with Crippen LogP contribution in [0.15, 0.2) is 47.4 Å². The molecule has 3 aromatic rings. The number of anilines is 1. The molecule has 4 rings (SSSR count). The molecule has 0 radical (unpaired) electrons. The number of carboxylic acids is 1. The molecule has 2 N–H and O–H groups in total. The lowest BCUT2D eigenvalue weighted by Gasteiger charge is -2.17. The summed E-state index contributed by atoms with van der Waals surface area (Å²) in [5, 5.41) is 12.9. The van der Waals surface area contributed by atoms with Crippen LogP contribution in [0.25, 0.3) is 17.2 Å². The molecule has 10 nitrogen and oxygen atoms in total. The van der Waals surface area contributed by atoms with Gasteiger partial charge in [-0.1, -0.05) is 47.2 Å². The number of thioether (sulfide) groups is 1. The topological polar surface area (TPSA) is 124 Å². The molecule has 1 aliphatic rings. The van der Waals surface area contributed by atoms with Gasteiger partial charge in [-0.25, -0.2) is 4.79 Å². The fourth-order valence-corrected chi connectivity index (χ4v) is 6.09. The van der Waals surface area contributed by atoms with Crippen LogP contribution < -0.4 is 24.3 Å². The van der Waals surface area contributed by atoms with E-state index < -0.39 is 11.9 Å². The number of ether oxygens (including phenoxy) is 4. The Hall–Kier alpha value is -3.97. The second kappa shape index (κ2) is 14.2. The van der Waals surface area contributed by atoms with E-state index in [0.717, 1.165) is 11.8 Å². The summed E-state index contributed by atoms with van der Waals surface area (Å²) in [5.74, 6) is -0.940. The van der Waals surface area contributed by atoms with Crippen molar-refractivity contribution >= 4 is 81.0 Å². The summed E-state index contributed by atoms with van der Waals surface area (Å²) in [7, 11) is 5.69. The van der Waals surface area contributed by atoms with Crippen LogP contribution in [0.3, 0.4) is 0 Å². The minimum atomic E-state index is -1.18. The highest BCUT2D eigenvalue weighted by Gasteiger charge is 2.32. The standard InChI is InChI=1S/C30H26Cl2N2O8S2/c1-39-21-12-16(29(37)38)13-22(40-2)26(21)33-25(35)7-8-34-28(36)24(44-30(34)43)11-15-9-19(27(42-4)23(10-15)41-3)18-14-17(31)5-6-20(18)32/h5-6,9-14H,7-8H2,1-4H3,(H,33,35)(H,37,38). The molecule has 230 valence electrons. The number of carboxylic acid groups (broad SMARTS) is 1. The smallest absolute Gasteiger partial charge is 0.335 e. The van der Waals surface area contributed by atoms with Crippen molar-refractivity contribution in [2.24, 2.45) is 0 Å². The predicted molar refractivity (Wildman–Crippen MR) is 175 cm³/mol. The lowest BCUT2D eigenvalue weighted by Crippen LogP contribution is -2.31. The Morgan fingerprint density at radius 2 is 1.61 bits per heavy atom. The summed E-state index contributed by atoms with van der Waals surface area (Å²) in [6.07, 6.45) is 1.56. The van der Waals surface area contributed by atoms with Crippen molar-refractivity contribution in [2.45, 2.75) is 6.42 Å². The maximum atomic E-state index is 13.4. The van der Waals surface area contributed by atoms with Gasteiger partial charge >= 0.3 is 5.97 Å². The predicted octanol–water partition coefficient (Wildman–Crippen LogP) is 6.62. The van der Waals surface area contributed by atoms with Gasteiger partial charge in [-0.3, -0.25) is 14.5 Å². The molecule has 1 saturated heterocycles. The van der Waals surface area contributed by atoms with E-state index in [9.17, 15) is 19.5 Å². The molecule has 44 heavy (non-hydrogen) atoms. The van der Waals surface area contributed by atoms with E-state index >= 15 is 0 Å². The highest BCUT2D eigenvalue weighted by atomic mass is 35.5. The van der Waals surface area contributed by atoms with Crippen LogP contribution in [-0.2, 0) is 9.59 Å². The van der Waals surface area contributed by atoms with Crippen molar-refractivity contribution in [3.05, 3.63) is 68.5 Å². The summed E-state index contributed by atoms with van der Waals surface area (Å²) in [5.41, 5.74) is 1.95. The first-order chi connectivity index (χ1) is 21.0. The van der Waals surface area contributed by atoms with Gasteiger partial charge in [0.2, 0.25) is 5.91 Å². The normalized spacial score (nSPS) is 13.7. The number of carbonyl (C=O) groups is 3. The van der Waals surface area contributed by atoms with Crippen LogP contribution in [0.2, 0.25) is 10.0 Å². The number of nitrogens with zero attached hydrogens (tertiary/aromatic N) is 1. The molecule has 2 amide bonds. The molecule has 1 fully saturated rings. The van der Waals surface area contributed by atoms with E-state index in [1.54, 1.807) is 36.4 Å². The Labute approximate surface area is 272 Å². The first-order valence-electron chi connectivity index (χ1n) is 12.8. The summed E-state index contributed by atoms with van der Waals surface area (Å²) >= 11 is 19.3. The van der Waals surface area contributed by atoms with Crippen LogP contribution in [-0.4, -0.2) is 67.1 Å². The summed E-state index contributed by atoms with van der Waals surface area (Å²) < 4.78 is 22.0. The zero-order valence-corrected chi connectivity index (χ0v) is 27.0. The van der Waals surface area contributed by atoms with Crippen molar-refractivity contribution < 1.29 is 38.4 Å². The molecular weight excluding hydrogens is 651 g/mol. The summed E-state index contributed by atoms with van der Waals surface area (Å²) in [6.45, 7) is 0.000979. The van der Waals surface area contributed by atoms with Gasteiger partial charge in [0.25, 0.3) is 5.91 Å². The third-order valence-electron chi connectivity index (χ3n) is 6.47. The average Bonchev–Trinajstić information content (AvgIpc) is 3.27. The lowest BCUT2D eigenvalue weighted by atomic mass is 10.0. The molecule has 14 heteroatoms. The summed E-state index contributed by atoms with van der Waals surface area (Å²) in [6, 6.07) is 11.1. The largest absolute Gasteiger partial charge is 0.494 e. The van der Waals surface area contributed by atoms with Crippen molar-refractivity contribution in [1.82, 2.24) is 4.90 Å². The number of hydrogen-bond acceptors (Lipinski definition) is 9. The molecule has 0 aliphatic carbocycles. The minimum Gasteiger partial charge on any atom is -0.494 e. The second-order valence-corrected chi connectivity index (χ2v) is 11.6. The van der Waals surface area contributed by atoms with Crippen LogP contribution in [0.1, 0.15) is 22.3 Å². The van der Waals surface area contributed by atoms with Crippen LogP contribution in [0.4, 0.5) is 5.69 Å². The number of amides is 2. The molecule has 3 aromatic carbocycles. The zero-order chi connectivity index (χ0) is 32.1. The minimum absolute atomic E-state index is 0.000979. The maximum absolute atomic E-state index is 13.4. The highest BCUT2D eigenvalue weighted by Crippen LogP contribution is 2.44. The molecule has 0 unspecified atom stereocenters. The Balaban J connectivity index is 1.55. The number of thiocarbonyl (C=S) groups is 1. The number of methoxy groups -OCH3 is 4. The van der Waals surface area contributed by atoms with Crippen molar-refractivity contribution in [3.63, 3.8) is 0 Å². The van der Waals surface area contributed by atoms with Crippen molar-refractivity contribution in [1.29, 1.82) is 0 Å². The van der Waals surface area contributed by atoms with E-state index in [4.69, 9.17) is 54.4 Å². The SMILES string of the molecule is COc1cc(C(=O)O)cc(OC)c1NC(=O)CCN1C(=O)C(=Cc2cc(OC)c(OC)c(-c3cc(Cl)ccc3Cl)c2)SC1=S. The van der Waals surface area contributed by atoms with Gasteiger partial charge in [0.15, 0.2) is 11.5 Å². The molecule has 1 aliphatic heterocycles. The molecule has 0 spiro atoms. The van der Waals surface area contributed by atoms with Gasteiger partial charge in [0, 0.05) is 34.1 Å². The lowest BCUT2D eigenvalue weighted by molar-refractivity contribution is -0.122. The number of benzene rings is 3. The fraction of sp³-hybridized carbons (Fsp3) is 0.200. The molecule has 0 atom stereocenters. The van der Waals surface area contributed by atoms with Crippen molar-refractivity contribution in [2.75, 3.05) is 40.3 Å². The first-order valence-corrected chi connectivity index (χ1v) is 14.7. The number of rotatable bonds is 11. The monoisotopic (exact) mass is 676 g/mol. The van der Waals surface area contributed by atoms with E-state index in [0.29, 0.717) is 43.1 Å². The molecule has 0 aromatic heterocycles. The number of nitrogens with one attached hydrogen (secondary N) is 1. The molecule has 0 bridgehead atoms. The molecule has 0 saturated carbocycles. The Morgan fingerprint density at radius 1 is 0.955 bits per heavy atom. The Morgan fingerprint density at radius 3 is 2.20 bits per heavy atom. The fourth-order valence-electron chi connectivity index (χ4n) is 4.39. The first kappa shape index (κ1) is 32.9. The third kappa shape index (κ3) is 7.05. The number of carbonyl (C=O) groups excluding carboxylic acids is 2. The van der Waals surface area contributed by atoms with Gasteiger partial charge < -0.3 is 29.4 Å². The quantitative estimate of drug-likeness (QED) is 0.169. The van der Waals surface area contributed by atoms with Gasteiger partial charge in [-0.15, -0.1) is 0 Å². The van der Waals surface area contributed by atoms with Gasteiger partial charge in [-0.05, 0) is 54.1 Å². The van der Waals surface area contributed by atoms with Crippen LogP contribution in [0.5, 0.6) is 23.0 Å². The molecule has 1 heterocycles. The Kier molecular flexibility index (Phi) is 10.6. The van der Waals surface area contributed by atoms with E-state index in [2.05, 4.69) is 5.32 Å².